The highest BCUT2D eigenvalue weighted by molar-refractivity contribution is 6.01. The molecule has 0 saturated carbocycles. The number of hydroxylamine groups is 2. The van der Waals surface area contributed by atoms with Gasteiger partial charge < -0.3 is 9.47 Å². The summed E-state index contributed by atoms with van der Waals surface area (Å²) in [5.74, 6) is -1.41. The van der Waals surface area contributed by atoms with Gasteiger partial charge in [0.1, 0.15) is 0 Å². The third-order valence-corrected chi connectivity index (χ3v) is 2.78. The molecule has 2 amide bonds. The first-order chi connectivity index (χ1) is 10.2. The Morgan fingerprint density at radius 1 is 1.00 bits per heavy atom. The summed E-state index contributed by atoms with van der Waals surface area (Å²) < 4.78 is 9.77. The quantitative estimate of drug-likeness (QED) is 0.417. The van der Waals surface area contributed by atoms with Gasteiger partial charge in [-0.2, -0.15) is 0 Å². The Morgan fingerprint density at radius 2 is 1.50 bits per heavy atom. The molecule has 1 rings (SSSR count). The molecule has 0 bridgehead atoms. The zero-order chi connectivity index (χ0) is 16.8. The number of rotatable bonds is 6. The van der Waals surface area contributed by atoms with Gasteiger partial charge in [-0.1, -0.05) is 5.06 Å². The third kappa shape index (κ3) is 5.71. The van der Waals surface area contributed by atoms with Gasteiger partial charge in [-0.05, 0) is 33.6 Å². The van der Waals surface area contributed by atoms with Crippen molar-refractivity contribution in [3.8, 4) is 0 Å². The highest BCUT2D eigenvalue weighted by Crippen LogP contribution is 2.15. The molecule has 0 aliphatic carbocycles. The minimum atomic E-state index is -1.10. The zero-order valence-corrected chi connectivity index (χ0v) is 13.0. The van der Waals surface area contributed by atoms with Crippen LogP contribution in [0.1, 0.15) is 46.5 Å². The smallest absolute Gasteiger partial charge is 0.465 e. The number of hydrogen-bond acceptors (Lipinski definition) is 7. The summed E-state index contributed by atoms with van der Waals surface area (Å²) in [7, 11) is 0. The van der Waals surface area contributed by atoms with Crippen LogP contribution in [0.15, 0.2) is 0 Å². The molecule has 0 radical (unpaired) electrons. The van der Waals surface area contributed by atoms with Gasteiger partial charge in [-0.3, -0.25) is 19.2 Å². The molecule has 8 nitrogen and oxygen atoms in total. The van der Waals surface area contributed by atoms with Gasteiger partial charge in [-0.25, -0.2) is 4.79 Å². The Bertz CT molecular complexity index is 437. The van der Waals surface area contributed by atoms with E-state index in [2.05, 4.69) is 4.84 Å². The number of nitrogens with zero attached hydrogens (tertiary/aromatic N) is 1. The number of imide groups is 1. The fourth-order valence-corrected chi connectivity index (χ4v) is 1.50. The second kappa shape index (κ2) is 7.77. The van der Waals surface area contributed by atoms with Crippen molar-refractivity contribution in [2.75, 3.05) is 13.2 Å². The number of ether oxygens (including phenoxy) is 2. The normalized spacial score (nSPS) is 15.0. The van der Waals surface area contributed by atoms with Crippen molar-refractivity contribution in [2.45, 2.75) is 46.5 Å². The fraction of sp³-hybridized carbons (Fsp3) is 0.714. The molecular weight excluding hydrogens is 294 g/mol. The first-order valence-electron chi connectivity index (χ1n) is 7.09. The number of hydrogen-bond donors (Lipinski definition) is 0. The van der Waals surface area contributed by atoms with Gasteiger partial charge in [0.25, 0.3) is 11.8 Å². The summed E-state index contributed by atoms with van der Waals surface area (Å²) in [5.41, 5.74) is -0.547. The van der Waals surface area contributed by atoms with Crippen LogP contribution in [0.25, 0.3) is 0 Å². The van der Waals surface area contributed by atoms with Crippen molar-refractivity contribution >= 4 is 23.9 Å². The van der Waals surface area contributed by atoms with E-state index in [1.807, 2.05) is 0 Å². The van der Waals surface area contributed by atoms with Gasteiger partial charge in [-0.15, -0.1) is 0 Å². The Kier molecular flexibility index (Phi) is 6.33. The summed E-state index contributed by atoms with van der Waals surface area (Å²) in [6, 6.07) is 0. The van der Waals surface area contributed by atoms with Gasteiger partial charge in [0.05, 0.1) is 18.6 Å². The number of unbranched alkanes of at least 4 members (excludes halogenated alkanes) is 1. The Morgan fingerprint density at radius 3 is 2.00 bits per heavy atom. The second-order valence-electron chi connectivity index (χ2n) is 5.86. The van der Waals surface area contributed by atoms with Crippen molar-refractivity contribution in [1.82, 2.24) is 5.06 Å². The number of carbonyl (C=O) groups excluding carboxylic acids is 4. The topological polar surface area (TPSA) is 99.2 Å². The van der Waals surface area contributed by atoms with Gasteiger partial charge in [0.2, 0.25) is 0 Å². The lowest BCUT2D eigenvalue weighted by Crippen LogP contribution is -2.32. The van der Waals surface area contributed by atoms with E-state index < -0.39 is 23.4 Å². The molecule has 0 aromatic rings. The van der Waals surface area contributed by atoms with Crippen LogP contribution >= 0.6 is 0 Å². The van der Waals surface area contributed by atoms with Crippen molar-refractivity contribution in [3.05, 3.63) is 0 Å². The fourth-order valence-electron chi connectivity index (χ4n) is 1.50. The molecule has 8 heteroatoms. The molecule has 0 atom stereocenters. The van der Waals surface area contributed by atoms with Crippen LogP contribution in [-0.4, -0.2) is 42.2 Å². The van der Waals surface area contributed by atoms with Crippen molar-refractivity contribution in [1.29, 1.82) is 0 Å². The van der Waals surface area contributed by atoms with Gasteiger partial charge >= 0.3 is 12.1 Å². The predicted molar refractivity (Wildman–Crippen MR) is 73.2 cm³/mol. The third-order valence-electron chi connectivity index (χ3n) is 2.78. The maximum Gasteiger partial charge on any atom is 0.533 e. The van der Waals surface area contributed by atoms with Crippen molar-refractivity contribution in [3.63, 3.8) is 0 Å². The molecule has 0 aromatic carbocycles. The predicted octanol–water partition coefficient (Wildman–Crippen LogP) is 1.57. The van der Waals surface area contributed by atoms with E-state index in [0.717, 1.165) is 0 Å². The molecule has 0 unspecified atom stereocenters. The largest absolute Gasteiger partial charge is 0.533 e. The lowest BCUT2D eigenvalue weighted by molar-refractivity contribution is -0.177. The molecule has 22 heavy (non-hydrogen) atoms. The minimum absolute atomic E-state index is 0.0330. The summed E-state index contributed by atoms with van der Waals surface area (Å²) in [5, 5.41) is 0.424. The van der Waals surface area contributed by atoms with Crippen LogP contribution < -0.4 is 0 Å². The second-order valence-corrected chi connectivity index (χ2v) is 5.86. The molecule has 0 N–H and O–H groups in total. The number of esters is 1. The molecule has 1 saturated heterocycles. The van der Waals surface area contributed by atoms with Crippen LogP contribution in [0.5, 0.6) is 0 Å². The van der Waals surface area contributed by atoms with E-state index in [0.29, 0.717) is 17.9 Å². The van der Waals surface area contributed by atoms with Crippen LogP contribution in [0.3, 0.4) is 0 Å². The molecule has 1 heterocycles. The lowest BCUT2D eigenvalue weighted by Gasteiger charge is -2.16. The molecule has 0 aromatic heterocycles. The van der Waals surface area contributed by atoms with Gasteiger partial charge in [0.15, 0.2) is 0 Å². The van der Waals surface area contributed by atoms with E-state index in [1.54, 1.807) is 20.8 Å². The molecular formula is C14H21NO7. The zero-order valence-electron chi connectivity index (χ0n) is 13.0. The van der Waals surface area contributed by atoms with E-state index >= 15 is 0 Å². The summed E-state index contributed by atoms with van der Waals surface area (Å²) >= 11 is 0. The summed E-state index contributed by atoms with van der Waals surface area (Å²) in [6.45, 7) is 5.56. The highest BCUT2D eigenvalue weighted by atomic mass is 16.8. The first-order valence-corrected chi connectivity index (χ1v) is 7.09. The average molecular weight is 315 g/mol. The van der Waals surface area contributed by atoms with E-state index in [1.165, 1.54) is 0 Å². The minimum Gasteiger partial charge on any atom is -0.465 e. The molecule has 0 spiro atoms. The number of carbonyl (C=O) groups is 4. The maximum absolute atomic E-state index is 11.5. The van der Waals surface area contributed by atoms with Crippen LogP contribution in [-0.2, 0) is 28.7 Å². The lowest BCUT2D eigenvalue weighted by atomic mass is 9.97. The molecule has 1 aliphatic heterocycles. The Labute approximate surface area is 128 Å². The van der Waals surface area contributed by atoms with E-state index in [4.69, 9.17) is 9.47 Å². The van der Waals surface area contributed by atoms with E-state index in [-0.39, 0.29) is 32.0 Å². The van der Waals surface area contributed by atoms with Crippen LogP contribution in [0.2, 0.25) is 0 Å². The first kappa shape index (κ1) is 17.9. The molecule has 1 fully saturated rings. The highest BCUT2D eigenvalue weighted by Gasteiger charge is 2.33. The summed E-state index contributed by atoms with van der Waals surface area (Å²) in [4.78, 5) is 49.7. The van der Waals surface area contributed by atoms with Crippen LogP contribution in [0.4, 0.5) is 4.79 Å². The Hall–Kier alpha value is -2.12. The number of amides is 2. The van der Waals surface area contributed by atoms with Gasteiger partial charge in [0, 0.05) is 12.8 Å². The monoisotopic (exact) mass is 315 g/mol. The SMILES string of the molecule is CC(C)(C)C(=O)OCCCCOC(=O)ON1C(=O)CCC1=O. The Balaban J connectivity index is 2.10. The van der Waals surface area contributed by atoms with Crippen LogP contribution in [0, 0.1) is 5.41 Å². The standard InChI is InChI=1S/C14H21NO7/c1-14(2,3)12(18)20-8-4-5-9-21-13(19)22-15-10(16)6-7-11(15)17/h4-9H2,1-3H3. The van der Waals surface area contributed by atoms with Crippen molar-refractivity contribution < 1.29 is 33.5 Å². The maximum atomic E-state index is 11.5. The van der Waals surface area contributed by atoms with E-state index in [9.17, 15) is 19.2 Å². The summed E-state index contributed by atoms with van der Waals surface area (Å²) in [6.07, 6.45) is -0.0444. The molecule has 124 valence electrons. The average Bonchev–Trinajstić information content (AvgIpc) is 2.73. The van der Waals surface area contributed by atoms with Crippen molar-refractivity contribution in [2.24, 2.45) is 5.41 Å². The molecule has 1 aliphatic rings.